The molecule has 2 aromatic rings. The molecule has 1 amide bonds. The van der Waals surface area contributed by atoms with Gasteiger partial charge in [0, 0.05) is 31.0 Å². The summed E-state index contributed by atoms with van der Waals surface area (Å²) in [5.74, 6) is 2.26. The molecule has 6 heteroatoms. The summed E-state index contributed by atoms with van der Waals surface area (Å²) in [6.45, 7) is 1.69. The van der Waals surface area contributed by atoms with Crippen molar-refractivity contribution in [1.82, 2.24) is 15.1 Å². The summed E-state index contributed by atoms with van der Waals surface area (Å²) in [6, 6.07) is 7.93. The number of carbonyl (C=O) groups excluding carboxylic acids is 1. The van der Waals surface area contributed by atoms with Gasteiger partial charge in [0.05, 0.1) is 7.11 Å². The van der Waals surface area contributed by atoms with Crippen molar-refractivity contribution in [1.29, 1.82) is 0 Å². The van der Waals surface area contributed by atoms with Crippen LogP contribution in [0.5, 0.6) is 5.75 Å². The molecule has 1 saturated heterocycles. The molecule has 2 heterocycles. The number of benzene rings is 1. The number of piperidine rings is 1. The van der Waals surface area contributed by atoms with Crippen LogP contribution in [0.1, 0.15) is 62.3 Å². The topological polar surface area (TPSA) is 55.3 Å². The standard InChI is InChI=1S/C22H29N3O2S/c1-27-19-11-9-17(10-12-19)21-23-24-22(28-21)18-7-4-14-25(15-18)20(26)13-8-16-5-2-3-6-16/h9-12,16,18H,2-8,13-15H2,1H3. The van der Waals surface area contributed by atoms with E-state index in [0.717, 1.165) is 59.6 Å². The summed E-state index contributed by atoms with van der Waals surface area (Å²) in [6.07, 6.45) is 9.24. The zero-order chi connectivity index (χ0) is 19.3. The fourth-order valence-electron chi connectivity index (χ4n) is 4.44. The molecule has 1 saturated carbocycles. The van der Waals surface area contributed by atoms with Crippen LogP contribution in [0.25, 0.3) is 10.6 Å². The van der Waals surface area contributed by atoms with Gasteiger partial charge in [-0.15, -0.1) is 10.2 Å². The smallest absolute Gasteiger partial charge is 0.222 e. The summed E-state index contributed by atoms with van der Waals surface area (Å²) in [7, 11) is 1.67. The molecule has 1 aromatic carbocycles. The molecule has 0 N–H and O–H groups in total. The first kappa shape index (κ1) is 19.4. The minimum Gasteiger partial charge on any atom is -0.497 e. The number of hydrogen-bond acceptors (Lipinski definition) is 5. The number of rotatable bonds is 6. The van der Waals surface area contributed by atoms with E-state index in [-0.39, 0.29) is 0 Å². The average Bonchev–Trinajstić information content (AvgIpc) is 3.44. The van der Waals surface area contributed by atoms with E-state index >= 15 is 0 Å². The van der Waals surface area contributed by atoms with E-state index in [4.69, 9.17) is 4.74 Å². The second-order valence-corrected chi connectivity index (χ2v) is 9.05. The highest BCUT2D eigenvalue weighted by molar-refractivity contribution is 7.14. The Kier molecular flexibility index (Phi) is 6.25. The van der Waals surface area contributed by atoms with E-state index in [1.165, 1.54) is 25.7 Å². The molecule has 1 atom stereocenters. The van der Waals surface area contributed by atoms with E-state index in [0.29, 0.717) is 18.2 Å². The highest BCUT2D eigenvalue weighted by Crippen LogP contribution is 2.34. The molecule has 2 fully saturated rings. The van der Waals surface area contributed by atoms with Gasteiger partial charge < -0.3 is 9.64 Å². The van der Waals surface area contributed by atoms with Gasteiger partial charge in [0.2, 0.25) is 5.91 Å². The predicted molar refractivity (Wildman–Crippen MR) is 112 cm³/mol. The number of ether oxygens (including phenoxy) is 1. The van der Waals surface area contributed by atoms with Gasteiger partial charge in [0.25, 0.3) is 0 Å². The predicted octanol–water partition coefficient (Wildman–Crippen LogP) is 4.89. The van der Waals surface area contributed by atoms with Crippen LogP contribution in [-0.2, 0) is 4.79 Å². The van der Waals surface area contributed by atoms with Crippen LogP contribution in [0.4, 0.5) is 0 Å². The zero-order valence-corrected chi connectivity index (χ0v) is 17.4. The lowest BCUT2D eigenvalue weighted by atomic mass is 9.97. The normalized spacial score (nSPS) is 20.5. The van der Waals surface area contributed by atoms with Crippen LogP contribution in [0.15, 0.2) is 24.3 Å². The highest BCUT2D eigenvalue weighted by Gasteiger charge is 2.28. The maximum Gasteiger partial charge on any atom is 0.222 e. The van der Waals surface area contributed by atoms with Crippen molar-refractivity contribution in [3.05, 3.63) is 29.3 Å². The summed E-state index contributed by atoms with van der Waals surface area (Å²) < 4.78 is 5.22. The Labute approximate surface area is 171 Å². The minimum absolute atomic E-state index is 0.314. The Morgan fingerprint density at radius 3 is 2.68 bits per heavy atom. The van der Waals surface area contributed by atoms with Crippen molar-refractivity contribution in [3.63, 3.8) is 0 Å². The fraction of sp³-hybridized carbons (Fsp3) is 0.591. The summed E-state index contributed by atoms with van der Waals surface area (Å²) in [4.78, 5) is 14.8. The van der Waals surface area contributed by atoms with Crippen LogP contribution >= 0.6 is 11.3 Å². The molecule has 2 aliphatic rings. The molecular formula is C22H29N3O2S. The minimum atomic E-state index is 0.314. The van der Waals surface area contributed by atoms with Crippen molar-refractivity contribution in [2.45, 2.75) is 57.3 Å². The van der Waals surface area contributed by atoms with Crippen molar-refractivity contribution in [2.24, 2.45) is 5.92 Å². The third-order valence-electron chi connectivity index (χ3n) is 6.14. The van der Waals surface area contributed by atoms with Gasteiger partial charge >= 0.3 is 0 Å². The number of methoxy groups -OCH3 is 1. The van der Waals surface area contributed by atoms with Crippen LogP contribution in [0, 0.1) is 5.92 Å². The first-order chi connectivity index (χ1) is 13.7. The van der Waals surface area contributed by atoms with E-state index in [1.54, 1.807) is 18.4 Å². The van der Waals surface area contributed by atoms with Gasteiger partial charge in [0.1, 0.15) is 15.8 Å². The first-order valence-corrected chi connectivity index (χ1v) is 11.3. The van der Waals surface area contributed by atoms with Gasteiger partial charge in [-0.1, -0.05) is 37.0 Å². The molecule has 0 bridgehead atoms. The van der Waals surface area contributed by atoms with Gasteiger partial charge in [-0.3, -0.25) is 4.79 Å². The quantitative estimate of drug-likeness (QED) is 0.694. The molecule has 150 valence electrons. The lowest BCUT2D eigenvalue weighted by molar-refractivity contribution is -0.132. The molecule has 1 aliphatic carbocycles. The van der Waals surface area contributed by atoms with Gasteiger partial charge in [-0.25, -0.2) is 0 Å². The van der Waals surface area contributed by atoms with Crippen LogP contribution in [0.2, 0.25) is 0 Å². The van der Waals surface area contributed by atoms with E-state index in [9.17, 15) is 4.79 Å². The largest absolute Gasteiger partial charge is 0.497 e. The Hall–Kier alpha value is -1.95. The number of carbonyl (C=O) groups is 1. The van der Waals surface area contributed by atoms with Crippen molar-refractivity contribution < 1.29 is 9.53 Å². The first-order valence-electron chi connectivity index (χ1n) is 10.5. The molecule has 1 aromatic heterocycles. The Balaban J connectivity index is 1.36. The van der Waals surface area contributed by atoms with Crippen molar-refractivity contribution in [3.8, 4) is 16.3 Å². The van der Waals surface area contributed by atoms with Crippen molar-refractivity contribution >= 4 is 17.2 Å². The van der Waals surface area contributed by atoms with Gasteiger partial charge in [0.15, 0.2) is 0 Å². The maximum atomic E-state index is 12.7. The molecule has 1 unspecified atom stereocenters. The van der Waals surface area contributed by atoms with E-state index in [1.807, 2.05) is 24.3 Å². The molecular weight excluding hydrogens is 370 g/mol. The summed E-state index contributed by atoms with van der Waals surface area (Å²) in [5, 5.41) is 10.8. The number of nitrogens with zero attached hydrogens (tertiary/aromatic N) is 3. The highest BCUT2D eigenvalue weighted by atomic mass is 32.1. The van der Waals surface area contributed by atoms with Gasteiger partial charge in [-0.2, -0.15) is 0 Å². The SMILES string of the molecule is COc1ccc(-c2nnc(C3CCCN(C(=O)CCC4CCCC4)C3)s2)cc1. The Bertz CT molecular complexity index is 783. The molecule has 0 radical (unpaired) electrons. The van der Waals surface area contributed by atoms with Crippen LogP contribution in [0.3, 0.4) is 0 Å². The third-order valence-corrected chi connectivity index (χ3v) is 7.28. The third kappa shape index (κ3) is 4.54. The lowest BCUT2D eigenvalue weighted by Gasteiger charge is -2.32. The molecule has 1 aliphatic heterocycles. The van der Waals surface area contributed by atoms with Crippen LogP contribution < -0.4 is 4.74 Å². The Morgan fingerprint density at radius 1 is 1.14 bits per heavy atom. The number of aromatic nitrogens is 2. The average molecular weight is 400 g/mol. The second kappa shape index (κ2) is 9.03. The molecule has 5 nitrogen and oxygen atoms in total. The molecule has 0 spiro atoms. The fourth-order valence-corrected chi connectivity index (χ4v) is 5.41. The monoisotopic (exact) mass is 399 g/mol. The summed E-state index contributed by atoms with van der Waals surface area (Å²) in [5.41, 5.74) is 1.06. The van der Waals surface area contributed by atoms with Gasteiger partial charge in [-0.05, 0) is 49.4 Å². The lowest BCUT2D eigenvalue weighted by Crippen LogP contribution is -2.39. The number of likely N-dealkylation sites (tertiary alicyclic amines) is 1. The summed E-state index contributed by atoms with van der Waals surface area (Å²) >= 11 is 1.65. The number of amides is 1. The van der Waals surface area contributed by atoms with Crippen LogP contribution in [-0.4, -0.2) is 41.2 Å². The molecule has 28 heavy (non-hydrogen) atoms. The Morgan fingerprint density at radius 2 is 1.93 bits per heavy atom. The van der Waals surface area contributed by atoms with E-state index in [2.05, 4.69) is 15.1 Å². The second-order valence-electron chi connectivity index (χ2n) is 8.04. The maximum absolute atomic E-state index is 12.7. The number of hydrogen-bond donors (Lipinski definition) is 0. The zero-order valence-electron chi connectivity index (χ0n) is 16.6. The van der Waals surface area contributed by atoms with E-state index < -0.39 is 0 Å². The molecule has 4 rings (SSSR count). The van der Waals surface area contributed by atoms with Crippen molar-refractivity contribution in [2.75, 3.05) is 20.2 Å².